The van der Waals surface area contributed by atoms with Crippen molar-refractivity contribution in [2.45, 2.75) is 30.8 Å². The fourth-order valence-corrected chi connectivity index (χ4v) is 4.12. The second-order valence-electron chi connectivity index (χ2n) is 7.31. The molecule has 3 atom stereocenters. The van der Waals surface area contributed by atoms with Gasteiger partial charge in [0.1, 0.15) is 11.8 Å². The monoisotopic (exact) mass is 348 g/mol. The predicted molar refractivity (Wildman–Crippen MR) is 101 cm³/mol. The van der Waals surface area contributed by atoms with Crippen molar-refractivity contribution in [1.29, 1.82) is 5.26 Å². The summed E-state index contributed by atoms with van der Waals surface area (Å²) >= 11 is 0. The molecule has 1 saturated carbocycles. The molecule has 1 aliphatic heterocycles. The van der Waals surface area contributed by atoms with Gasteiger partial charge in [0, 0.05) is 24.1 Å². The topological polar surface area (TPSA) is 56.5 Å². The van der Waals surface area contributed by atoms with Crippen LogP contribution in [0, 0.1) is 17.2 Å². The number of aliphatic hydroxyl groups is 1. The lowest BCUT2D eigenvalue weighted by Gasteiger charge is -2.52. The number of hydrogen-bond donors (Lipinski definition) is 1. The quantitative estimate of drug-likeness (QED) is 0.869. The molecule has 1 saturated heterocycles. The first kappa shape index (κ1) is 17.1. The molecule has 2 aliphatic rings. The van der Waals surface area contributed by atoms with Gasteiger partial charge in [0.2, 0.25) is 0 Å². The molecular formula is C22H24N2O2. The van der Waals surface area contributed by atoms with Crippen LogP contribution in [-0.4, -0.2) is 42.4 Å². The number of benzene rings is 2. The lowest BCUT2D eigenvalue weighted by Crippen LogP contribution is -2.63. The summed E-state index contributed by atoms with van der Waals surface area (Å²) in [5.74, 6) is 1.65. The first-order valence-electron chi connectivity index (χ1n) is 9.26. The number of nitriles is 1. The maximum Gasteiger partial charge on any atom is 0.126 e. The van der Waals surface area contributed by atoms with Crippen LogP contribution >= 0.6 is 0 Å². The van der Waals surface area contributed by atoms with E-state index in [0.717, 1.165) is 29.0 Å². The van der Waals surface area contributed by atoms with Crippen molar-refractivity contribution in [2.75, 3.05) is 20.3 Å². The molecule has 1 aliphatic carbocycles. The Morgan fingerprint density at radius 2 is 1.88 bits per heavy atom. The van der Waals surface area contributed by atoms with Crippen molar-refractivity contribution in [2.24, 2.45) is 5.92 Å². The highest BCUT2D eigenvalue weighted by Gasteiger charge is 2.50. The Bertz CT molecular complexity index is 808. The smallest absolute Gasteiger partial charge is 0.126 e. The molecule has 4 nitrogen and oxygen atoms in total. The molecule has 0 aromatic heterocycles. The van der Waals surface area contributed by atoms with Crippen LogP contribution in [0.5, 0.6) is 5.75 Å². The van der Waals surface area contributed by atoms with Crippen LogP contribution in [0.3, 0.4) is 0 Å². The average molecular weight is 348 g/mol. The standard InChI is InChI=1S/C22H24N2O2/c1-26-21-5-3-2-4-18(21)16-8-10-17(11-9-16)22-19(12-23)24(20(22)14-25)13-15-6-7-15/h2-5,8-11,15,19-20,22,25H,6-7,13-14H2,1H3/t19-,20-,22-/m1/s1. The Morgan fingerprint density at radius 3 is 2.50 bits per heavy atom. The molecule has 0 spiro atoms. The van der Waals surface area contributed by atoms with Gasteiger partial charge < -0.3 is 9.84 Å². The highest BCUT2D eigenvalue weighted by Crippen LogP contribution is 2.44. The number of nitrogens with zero attached hydrogens (tertiary/aromatic N) is 2. The van der Waals surface area contributed by atoms with Crippen molar-refractivity contribution in [1.82, 2.24) is 4.90 Å². The third-order valence-electron chi connectivity index (χ3n) is 5.74. The Labute approximate surface area is 154 Å². The van der Waals surface area contributed by atoms with Gasteiger partial charge in [-0.05, 0) is 36.0 Å². The molecule has 4 rings (SSSR count). The maximum atomic E-state index is 9.87. The van der Waals surface area contributed by atoms with Crippen LogP contribution in [0.4, 0.5) is 0 Å². The van der Waals surface area contributed by atoms with Gasteiger partial charge in [0.25, 0.3) is 0 Å². The number of likely N-dealkylation sites (tertiary alicyclic amines) is 1. The third kappa shape index (κ3) is 2.98. The van der Waals surface area contributed by atoms with Crippen LogP contribution in [0.1, 0.15) is 24.3 Å². The molecule has 2 aromatic carbocycles. The summed E-state index contributed by atoms with van der Waals surface area (Å²) < 4.78 is 5.45. The Balaban J connectivity index is 1.57. The number of para-hydroxylation sites is 1. The molecule has 4 heteroatoms. The fourth-order valence-electron chi connectivity index (χ4n) is 4.12. The van der Waals surface area contributed by atoms with E-state index in [1.807, 2.05) is 24.3 Å². The second kappa shape index (κ2) is 7.11. The van der Waals surface area contributed by atoms with Gasteiger partial charge in [-0.3, -0.25) is 4.90 Å². The number of hydrogen-bond acceptors (Lipinski definition) is 4. The van der Waals surface area contributed by atoms with Crippen molar-refractivity contribution < 1.29 is 9.84 Å². The lowest BCUT2D eigenvalue weighted by molar-refractivity contribution is -0.0202. The highest BCUT2D eigenvalue weighted by molar-refractivity contribution is 5.70. The summed E-state index contributed by atoms with van der Waals surface area (Å²) in [5, 5.41) is 19.5. The zero-order valence-corrected chi connectivity index (χ0v) is 15.0. The van der Waals surface area contributed by atoms with Gasteiger partial charge in [-0.1, -0.05) is 42.5 Å². The van der Waals surface area contributed by atoms with Crippen LogP contribution in [0.15, 0.2) is 48.5 Å². The SMILES string of the molecule is COc1ccccc1-c1ccc([C@@H]2[C@@H](C#N)N(CC3CC3)[C@@H]2CO)cc1. The summed E-state index contributed by atoms with van der Waals surface area (Å²) in [5.41, 5.74) is 3.27. The van der Waals surface area contributed by atoms with Crippen molar-refractivity contribution in [3.63, 3.8) is 0 Å². The Morgan fingerprint density at radius 1 is 1.15 bits per heavy atom. The summed E-state index contributed by atoms with van der Waals surface area (Å²) in [4.78, 5) is 2.19. The van der Waals surface area contributed by atoms with E-state index in [9.17, 15) is 10.4 Å². The maximum absolute atomic E-state index is 9.87. The average Bonchev–Trinajstić information content (AvgIpc) is 3.50. The van der Waals surface area contributed by atoms with E-state index in [2.05, 4.69) is 35.2 Å². The number of aliphatic hydroxyl groups excluding tert-OH is 1. The van der Waals surface area contributed by atoms with E-state index in [-0.39, 0.29) is 24.6 Å². The molecule has 0 bridgehead atoms. The van der Waals surface area contributed by atoms with Crippen molar-refractivity contribution in [3.8, 4) is 22.9 Å². The van der Waals surface area contributed by atoms with Crippen LogP contribution < -0.4 is 4.74 Å². The molecule has 26 heavy (non-hydrogen) atoms. The number of rotatable bonds is 6. The van der Waals surface area contributed by atoms with E-state index in [1.165, 1.54) is 12.8 Å². The molecule has 2 aromatic rings. The first-order valence-corrected chi connectivity index (χ1v) is 9.26. The Hall–Kier alpha value is -2.35. The molecule has 0 amide bonds. The minimum atomic E-state index is -0.134. The molecule has 2 fully saturated rings. The van der Waals surface area contributed by atoms with E-state index >= 15 is 0 Å². The zero-order chi connectivity index (χ0) is 18.1. The van der Waals surface area contributed by atoms with E-state index in [1.54, 1.807) is 7.11 Å². The van der Waals surface area contributed by atoms with Crippen LogP contribution in [-0.2, 0) is 0 Å². The number of methoxy groups -OCH3 is 1. The Kier molecular flexibility index (Phi) is 4.67. The molecular weight excluding hydrogens is 324 g/mol. The van der Waals surface area contributed by atoms with Gasteiger partial charge in [0.15, 0.2) is 0 Å². The summed E-state index contributed by atoms with van der Waals surface area (Å²) in [6, 6.07) is 18.7. The van der Waals surface area contributed by atoms with E-state index in [4.69, 9.17) is 4.74 Å². The van der Waals surface area contributed by atoms with E-state index in [0.29, 0.717) is 5.92 Å². The van der Waals surface area contributed by atoms with Gasteiger partial charge in [0.05, 0.1) is 19.8 Å². The summed E-state index contributed by atoms with van der Waals surface area (Å²) in [7, 11) is 1.68. The fraction of sp³-hybridized carbons (Fsp3) is 0.409. The number of ether oxygens (including phenoxy) is 1. The summed E-state index contributed by atoms with van der Waals surface area (Å²) in [6.45, 7) is 1.04. The lowest BCUT2D eigenvalue weighted by atomic mass is 9.75. The largest absolute Gasteiger partial charge is 0.496 e. The molecule has 1 N–H and O–H groups in total. The zero-order valence-electron chi connectivity index (χ0n) is 15.0. The normalized spacial score (nSPS) is 25.3. The molecule has 1 heterocycles. The van der Waals surface area contributed by atoms with Crippen LogP contribution in [0.25, 0.3) is 11.1 Å². The highest BCUT2D eigenvalue weighted by atomic mass is 16.5. The minimum absolute atomic E-state index is 0.0531. The molecule has 0 unspecified atom stereocenters. The van der Waals surface area contributed by atoms with Crippen molar-refractivity contribution in [3.05, 3.63) is 54.1 Å². The van der Waals surface area contributed by atoms with Gasteiger partial charge in [-0.2, -0.15) is 5.26 Å². The van der Waals surface area contributed by atoms with Gasteiger partial charge in [-0.25, -0.2) is 0 Å². The summed E-state index contributed by atoms with van der Waals surface area (Å²) in [6.07, 6.45) is 2.51. The minimum Gasteiger partial charge on any atom is -0.496 e. The van der Waals surface area contributed by atoms with E-state index < -0.39 is 0 Å². The van der Waals surface area contributed by atoms with Gasteiger partial charge >= 0.3 is 0 Å². The molecule has 0 radical (unpaired) electrons. The van der Waals surface area contributed by atoms with Crippen molar-refractivity contribution >= 4 is 0 Å². The molecule has 134 valence electrons. The second-order valence-corrected chi connectivity index (χ2v) is 7.31. The van der Waals surface area contributed by atoms with Gasteiger partial charge in [-0.15, -0.1) is 0 Å². The van der Waals surface area contributed by atoms with Crippen LogP contribution in [0.2, 0.25) is 0 Å². The first-order chi connectivity index (χ1) is 12.8. The third-order valence-corrected chi connectivity index (χ3v) is 5.74. The predicted octanol–water partition coefficient (Wildman–Crippen LogP) is 3.42.